The van der Waals surface area contributed by atoms with Crippen LogP contribution in [-0.2, 0) is 4.79 Å². The molecule has 2 aromatic rings. The molecule has 2 atom stereocenters. The Morgan fingerprint density at radius 2 is 2.08 bits per heavy atom. The normalized spacial score (nSPS) is 24.5. The molecule has 7 nitrogen and oxygen atoms in total. The molecule has 2 aliphatic rings. The van der Waals surface area contributed by atoms with Crippen LogP contribution < -0.4 is 4.74 Å². The van der Waals surface area contributed by atoms with Crippen LogP contribution in [0.2, 0.25) is 0 Å². The molecule has 0 spiro atoms. The fraction of sp³-hybridized carbons (Fsp3) is 0.421. The first-order valence-corrected chi connectivity index (χ1v) is 8.77. The van der Waals surface area contributed by atoms with Crippen molar-refractivity contribution in [2.24, 2.45) is 11.3 Å². The van der Waals surface area contributed by atoms with Crippen molar-refractivity contribution in [3.05, 3.63) is 42.2 Å². The van der Waals surface area contributed by atoms with E-state index in [1.54, 1.807) is 15.8 Å². The van der Waals surface area contributed by atoms with Gasteiger partial charge in [0.25, 0.3) is 5.91 Å². The summed E-state index contributed by atoms with van der Waals surface area (Å²) in [6.07, 6.45) is 4.06. The van der Waals surface area contributed by atoms with Gasteiger partial charge in [0.1, 0.15) is 0 Å². The van der Waals surface area contributed by atoms with E-state index in [9.17, 15) is 14.7 Å². The maximum absolute atomic E-state index is 13.0. The smallest absolute Gasteiger partial charge is 0.311 e. The standard InChI is InChI=1S/C19H21N3O4/c1-26-15-11-22(14-7-3-2-4-8-14)20-16(15)17(23)21-10-13-6-5-9-19(13,12-21)18(24)25/h2-4,7-8,11,13H,5-6,9-10,12H2,1H3,(H,24,25)/t13-,19+/m0/s1. The summed E-state index contributed by atoms with van der Waals surface area (Å²) in [6, 6.07) is 9.47. The summed E-state index contributed by atoms with van der Waals surface area (Å²) in [4.78, 5) is 26.5. The number of para-hydroxylation sites is 1. The second-order valence-electron chi connectivity index (χ2n) is 7.06. The highest BCUT2D eigenvalue weighted by Gasteiger charge is 2.56. The number of carboxylic acids is 1. The molecule has 1 saturated carbocycles. The Kier molecular flexibility index (Phi) is 3.94. The van der Waals surface area contributed by atoms with Crippen molar-refractivity contribution in [1.82, 2.24) is 14.7 Å². The van der Waals surface area contributed by atoms with E-state index < -0.39 is 11.4 Å². The van der Waals surface area contributed by atoms with E-state index in [0.29, 0.717) is 18.7 Å². The third-order valence-electron chi connectivity index (χ3n) is 5.71. The zero-order valence-corrected chi connectivity index (χ0v) is 14.6. The summed E-state index contributed by atoms with van der Waals surface area (Å²) in [5.41, 5.74) is 0.243. The van der Waals surface area contributed by atoms with Crippen LogP contribution in [0.3, 0.4) is 0 Å². The van der Waals surface area contributed by atoms with Gasteiger partial charge < -0.3 is 14.7 Å². The Balaban J connectivity index is 1.63. The fourth-order valence-corrected chi connectivity index (χ4v) is 4.31. The van der Waals surface area contributed by atoms with Gasteiger partial charge in [0.15, 0.2) is 11.4 Å². The first-order valence-electron chi connectivity index (χ1n) is 8.77. The molecule has 1 aliphatic heterocycles. The predicted octanol–water partition coefficient (Wildman–Crippen LogP) is 2.21. The lowest BCUT2D eigenvalue weighted by Gasteiger charge is -2.23. The molecule has 7 heteroatoms. The van der Waals surface area contributed by atoms with Crippen LogP contribution in [0, 0.1) is 11.3 Å². The minimum absolute atomic E-state index is 0.0196. The number of carbonyl (C=O) groups excluding carboxylic acids is 1. The molecule has 2 heterocycles. The molecule has 4 rings (SSSR count). The second-order valence-corrected chi connectivity index (χ2v) is 7.06. The molecule has 0 radical (unpaired) electrons. The number of hydrogen-bond acceptors (Lipinski definition) is 4. The van der Waals surface area contributed by atoms with Gasteiger partial charge in [-0.05, 0) is 30.9 Å². The Bertz CT molecular complexity index is 848. The maximum Gasteiger partial charge on any atom is 0.311 e. The third kappa shape index (κ3) is 2.46. The zero-order chi connectivity index (χ0) is 18.3. The molecule has 0 unspecified atom stereocenters. The van der Waals surface area contributed by atoms with Crippen molar-refractivity contribution in [1.29, 1.82) is 0 Å². The number of carbonyl (C=O) groups is 2. The summed E-state index contributed by atoms with van der Waals surface area (Å²) < 4.78 is 6.95. The molecule has 1 N–H and O–H groups in total. The minimum atomic E-state index is -0.801. The van der Waals surface area contributed by atoms with E-state index in [1.807, 2.05) is 30.3 Å². The minimum Gasteiger partial charge on any atom is -0.493 e. The number of carboxylic acid groups (broad SMARTS) is 1. The highest BCUT2D eigenvalue weighted by atomic mass is 16.5. The summed E-state index contributed by atoms with van der Waals surface area (Å²) in [6.45, 7) is 0.708. The van der Waals surface area contributed by atoms with Crippen LogP contribution in [0.15, 0.2) is 36.5 Å². The second kappa shape index (κ2) is 6.16. The summed E-state index contributed by atoms with van der Waals surface area (Å²) >= 11 is 0. The molecule has 136 valence electrons. The van der Waals surface area contributed by atoms with Crippen LogP contribution >= 0.6 is 0 Å². The highest BCUT2D eigenvalue weighted by Crippen LogP contribution is 2.49. The van der Waals surface area contributed by atoms with Gasteiger partial charge in [0.2, 0.25) is 0 Å². The Labute approximate surface area is 151 Å². The van der Waals surface area contributed by atoms with Crippen LogP contribution in [0.4, 0.5) is 0 Å². The van der Waals surface area contributed by atoms with Crippen molar-refractivity contribution in [3.63, 3.8) is 0 Å². The lowest BCUT2D eigenvalue weighted by molar-refractivity contribution is -0.149. The molecule has 1 aromatic carbocycles. The number of aromatic nitrogens is 2. The number of methoxy groups -OCH3 is 1. The predicted molar refractivity (Wildman–Crippen MR) is 93.4 cm³/mol. The largest absolute Gasteiger partial charge is 0.493 e. The van der Waals surface area contributed by atoms with Crippen molar-refractivity contribution < 1.29 is 19.4 Å². The van der Waals surface area contributed by atoms with Gasteiger partial charge >= 0.3 is 5.97 Å². The fourth-order valence-electron chi connectivity index (χ4n) is 4.31. The lowest BCUT2D eigenvalue weighted by atomic mass is 9.81. The van der Waals surface area contributed by atoms with Gasteiger partial charge in [0.05, 0.1) is 24.4 Å². The summed E-state index contributed by atoms with van der Waals surface area (Å²) in [7, 11) is 1.50. The van der Waals surface area contributed by atoms with Crippen molar-refractivity contribution in [3.8, 4) is 11.4 Å². The lowest BCUT2D eigenvalue weighted by Crippen LogP contribution is -2.37. The average molecular weight is 355 g/mol. The van der Waals surface area contributed by atoms with Crippen LogP contribution in [0.5, 0.6) is 5.75 Å². The maximum atomic E-state index is 13.0. The number of ether oxygens (including phenoxy) is 1. The Morgan fingerprint density at radius 1 is 1.31 bits per heavy atom. The van der Waals surface area contributed by atoms with E-state index in [4.69, 9.17) is 4.74 Å². The summed E-state index contributed by atoms with van der Waals surface area (Å²) in [5, 5.41) is 14.1. The monoisotopic (exact) mass is 355 g/mol. The molecular weight excluding hydrogens is 334 g/mol. The van der Waals surface area contributed by atoms with E-state index in [2.05, 4.69) is 5.10 Å². The first-order chi connectivity index (χ1) is 12.5. The van der Waals surface area contributed by atoms with Crippen LogP contribution in [-0.4, -0.2) is 51.9 Å². The number of amides is 1. The highest BCUT2D eigenvalue weighted by molar-refractivity contribution is 5.96. The average Bonchev–Trinajstić information content (AvgIpc) is 3.34. The number of nitrogens with zero attached hydrogens (tertiary/aromatic N) is 3. The first kappa shape index (κ1) is 16.6. The van der Waals surface area contributed by atoms with E-state index >= 15 is 0 Å². The van der Waals surface area contributed by atoms with E-state index in [0.717, 1.165) is 18.5 Å². The van der Waals surface area contributed by atoms with Gasteiger partial charge in [-0.1, -0.05) is 24.6 Å². The number of benzene rings is 1. The molecule has 1 amide bonds. The Morgan fingerprint density at radius 3 is 2.73 bits per heavy atom. The van der Waals surface area contributed by atoms with Crippen molar-refractivity contribution in [2.45, 2.75) is 19.3 Å². The van der Waals surface area contributed by atoms with Gasteiger partial charge in [-0.3, -0.25) is 9.59 Å². The number of hydrogen-bond donors (Lipinski definition) is 1. The van der Waals surface area contributed by atoms with Gasteiger partial charge in [-0.15, -0.1) is 0 Å². The number of fused-ring (bicyclic) bond motifs is 1. The molecule has 1 aromatic heterocycles. The van der Waals surface area contributed by atoms with Gasteiger partial charge in [0, 0.05) is 13.1 Å². The SMILES string of the molecule is COc1cn(-c2ccccc2)nc1C(=O)N1C[C@@H]2CCC[C@@]2(C(=O)O)C1. The van der Waals surface area contributed by atoms with Gasteiger partial charge in [-0.25, -0.2) is 4.68 Å². The van der Waals surface area contributed by atoms with Crippen molar-refractivity contribution >= 4 is 11.9 Å². The van der Waals surface area contributed by atoms with Gasteiger partial charge in [-0.2, -0.15) is 5.10 Å². The van der Waals surface area contributed by atoms with E-state index in [-0.39, 0.29) is 24.1 Å². The topological polar surface area (TPSA) is 84.7 Å². The number of rotatable bonds is 4. The number of aliphatic carboxylic acids is 1. The molecule has 0 bridgehead atoms. The zero-order valence-electron chi connectivity index (χ0n) is 14.6. The molecule has 26 heavy (non-hydrogen) atoms. The quantitative estimate of drug-likeness (QED) is 0.909. The van der Waals surface area contributed by atoms with E-state index in [1.165, 1.54) is 7.11 Å². The molecule has 1 aliphatic carbocycles. The molecule has 2 fully saturated rings. The van der Waals surface area contributed by atoms with Crippen molar-refractivity contribution in [2.75, 3.05) is 20.2 Å². The number of likely N-dealkylation sites (tertiary alicyclic amines) is 1. The summed E-state index contributed by atoms with van der Waals surface area (Å²) in [5.74, 6) is -0.657. The van der Waals surface area contributed by atoms with Crippen LogP contribution in [0.25, 0.3) is 5.69 Å². The van der Waals surface area contributed by atoms with Crippen LogP contribution in [0.1, 0.15) is 29.8 Å². The Hall–Kier alpha value is -2.83. The third-order valence-corrected chi connectivity index (χ3v) is 5.71. The molecular formula is C19H21N3O4. The molecule has 1 saturated heterocycles.